The van der Waals surface area contributed by atoms with E-state index < -0.39 is 6.10 Å². The standard InChI is InChI=1S/C20H23N3O/c1-22(2)14-18(24)15-23-20(17-11-7-4-8-12-17)13-19(21-23)16-9-5-3-6-10-16/h3-13,18,24H,14-15H2,1-2H3. The molecule has 0 aliphatic heterocycles. The van der Waals surface area contributed by atoms with E-state index in [1.807, 2.05) is 60.1 Å². The van der Waals surface area contributed by atoms with Crippen LogP contribution in [0.3, 0.4) is 0 Å². The Bertz CT molecular complexity index is 766. The lowest BCUT2D eigenvalue weighted by atomic mass is 10.1. The molecule has 3 rings (SSSR count). The van der Waals surface area contributed by atoms with E-state index in [1.54, 1.807) is 0 Å². The van der Waals surface area contributed by atoms with Crippen LogP contribution in [0.25, 0.3) is 22.5 Å². The Kier molecular flexibility index (Phi) is 5.08. The van der Waals surface area contributed by atoms with Gasteiger partial charge in [0.15, 0.2) is 0 Å². The summed E-state index contributed by atoms with van der Waals surface area (Å²) in [4.78, 5) is 1.98. The number of aromatic nitrogens is 2. The predicted molar refractivity (Wildman–Crippen MR) is 97.7 cm³/mol. The van der Waals surface area contributed by atoms with E-state index in [0.717, 1.165) is 22.5 Å². The van der Waals surface area contributed by atoms with Crippen molar-refractivity contribution in [3.8, 4) is 22.5 Å². The Labute approximate surface area is 143 Å². The Morgan fingerprint density at radius 1 is 0.958 bits per heavy atom. The first-order chi connectivity index (χ1) is 11.6. The lowest BCUT2D eigenvalue weighted by Crippen LogP contribution is -2.30. The van der Waals surface area contributed by atoms with Crippen LogP contribution in [0.4, 0.5) is 0 Å². The molecule has 0 aliphatic carbocycles. The van der Waals surface area contributed by atoms with Crippen molar-refractivity contribution >= 4 is 0 Å². The maximum Gasteiger partial charge on any atom is 0.0929 e. The van der Waals surface area contributed by atoms with Crippen molar-refractivity contribution < 1.29 is 5.11 Å². The number of hydrogen-bond donors (Lipinski definition) is 1. The fraction of sp³-hybridized carbons (Fsp3) is 0.250. The summed E-state index contributed by atoms with van der Waals surface area (Å²) in [5, 5.41) is 15.1. The van der Waals surface area contributed by atoms with Gasteiger partial charge in [-0.1, -0.05) is 60.7 Å². The van der Waals surface area contributed by atoms with Crippen LogP contribution in [-0.2, 0) is 6.54 Å². The zero-order chi connectivity index (χ0) is 16.9. The molecule has 1 N–H and O–H groups in total. The molecule has 1 unspecified atom stereocenters. The van der Waals surface area contributed by atoms with Crippen LogP contribution in [0.2, 0.25) is 0 Å². The number of hydrogen-bond acceptors (Lipinski definition) is 3. The monoisotopic (exact) mass is 321 g/mol. The summed E-state index contributed by atoms with van der Waals surface area (Å²) in [6.45, 7) is 1.07. The van der Waals surface area contributed by atoms with Gasteiger partial charge < -0.3 is 10.0 Å². The second-order valence-corrected chi connectivity index (χ2v) is 6.25. The highest BCUT2D eigenvalue weighted by molar-refractivity contribution is 5.68. The molecule has 124 valence electrons. The molecule has 0 radical (unpaired) electrons. The summed E-state index contributed by atoms with van der Waals surface area (Å²) in [6.07, 6.45) is -0.467. The minimum Gasteiger partial charge on any atom is -0.390 e. The third-order valence-electron chi connectivity index (χ3n) is 3.88. The lowest BCUT2D eigenvalue weighted by Gasteiger charge is -2.17. The van der Waals surface area contributed by atoms with Gasteiger partial charge in [0.1, 0.15) is 0 Å². The van der Waals surface area contributed by atoms with Crippen LogP contribution < -0.4 is 0 Å². The van der Waals surface area contributed by atoms with Gasteiger partial charge in [-0.3, -0.25) is 4.68 Å². The van der Waals surface area contributed by atoms with Crippen LogP contribution in [0.15, 0.2) is 66.7 Å². The van der Waals surface area contributed by atoms with Gasteiger partial charge in [-0.2, -0.15) is 5.10 Å². The Morgan fingerprint density at radius 2 is 1.54 bits per heavy atom. The minimum atomic E-state index is -0.467. The third-order valence-corrected chi connectivity index (χ3v) is 3.88. The fourth-order valence-corrected chi connectivity index (χ4v) is 2.83. The molecule has 24 heavy (non-hydrogen) atoms. The average molecular weight is 321 g/mol. The zero-order valence-electron chi connectivity index (χ0n) is 14.1. The summed E-state index contributed by atoms with van der Waals surface area (Å²) in [5.74, 6) is 0. The summed E-state index contributed by atoms with van der Waals surface area (Å²) in [5.41, 5.74) is 4.12. The Morgan fingerprint density at radius 3 is 2.12 bits per heavy atom. The Hall–Kier alpha value is -2.43. The molecule has 0 bridgehead atoms. The van der Waals surface area contributed by atoms with Gasteiger partial charge in [-0.25, -0.2) is 0 Å². The summed E-state index contributed by atoms with van der Waals surface area (Å²) in [6, 6.07) is 22.4. The number of nitrogens with zero attached hydrogens (tertiary/aromatic N) is 3. The smallest absolute Gasteiger partial charge is 0.0929 e. The quantitative estimate of drug-likeness (QED) is 0.758. The number of rotatable bonds is 6. The van der Waals surface area contributed by atoms with Gasteiger partial charge in [-0.05, 0) is 25.7 Å². The van der Waals surface area contributed by atoms with E-state index in [2.05, 4.69) is 30.3 Å². The van der Waals surface area contributed by atoms with Gasteiger partial charge in [0, 0.05) is 12.1 Å². The van der Waals surface area contributed by atoms with Crippen LogP contribution >= 0.6 is 0 Å². The van der Waals surface area contributed by atoms with Crippen molar-refractivity contribution in [2.24, 2.45) is 0 Å². The zero-order valence-corrected chi connectivity index (χ0v) is 14.1. The molecule has 1 heterocycles. The highest BCUT2D eigenvalue weighted by Gasteiger charge is 2.15. The first-order valence-corrected chi connectivity index (χ1v) is 8.15. The van der Waals surface area contributed by atoms with Gasteiger partial charge in [-0.15, -0.1) is 0 Å². The second kappa shape index (κ2) is 7.43. The molecule has 2 aromatic carbocycles. The molecule has 3 aromatic rings. The maximum absolute atomic E-state index is 10.3. The van der Waals surface area contributed by atoms with Gasteiger partial charge in [0.25, 0.3) is 0 Å². The van der Waals surface area contributed by atoms with Crippen molar-refractivity contribution in [2.45, 2.75) is 12.6 Å². The van der Waals surface area contributed by atoms with Crippen molar-refractivity contribution in [3.05, 3.63) is 66.7 Å². The van der Waals surface area contributed by atoms with E-state index in [4.69, 9.17) is 5.10 Å². The molecular formula is C20H23N3O. The van der Waals surface area contributed by atoms with Crippen molar-refractivity contribution in [3.63, 3.8) is 0 Å². The third kappa shape index (κ3) is 3.91. The van der Waals surface area contributed by atoms with Crippen LogP contribution in [0.1, 0.15) is 0 Å². The molecule has 0 aliphatic rings. The highest BCUT2D eigenvalue weighted by atomic mass is 16.3. The van der Waals surface area contributed by atoms with E-state index in [-0.39, 0.29) is 0 Å². The SMILES string of the molecule is CN(C)CC(O)Cn1nc(-c2ccccc2)cc1-c1ccccc1. The number of aliphatic hydroxyl groups is 1. The molecule has 4 heteroatoms. The van der Waals surface area contributed by atoms with Crippen molar-refractivity contribution in [1.29, 1.82) is 0 Å². The van der Waals surface area contributed by atoms with E-state index >= 15 is 0 Å². The van der Waals surface area contributed by atoms with Crippen LogP contribution in [0.5, 0.6) is 0 Å². The van der Waals surface area contributed by atoms with Crippen LogP contribution in [0, 0.1) is 0 Å². The van der Waals surface area contributed by atoms with E-state index in [1.165, 1.54) is 0 Å². The van der Waals surface area contributed by atoms with Crippen molar-refractivity contribution in [2.75, 3.05) is 20.6 Å². The second-order valence-electron chi connectivity index (χ2n) is 6.25. The molecule has 4 nitrogen and oxygen atoms in total. The van der Waals surface area contributed by atoms with Crippen molar-refractivity contribution in [1.82, 2.24) is 14.7 Å². The number of aliphatic hydroxyl groups excluding tert-OH is 1. The topological polar surface area (TPSA) is 41.3 Å². The molecule has 1 atom stereocenters. The van der Waals surface area contributed by atoms with Gasteiger partial charge in [0.2, 0.25) is 0 Å². The molecule has 0 amide bonds. The normalized spacial score (nSPS) is 12.5. The van der Waals surface area contributed by atoms with Crippen LogP contribution in [-0.4, -0.2) is 46.5 Å². The maximum atomic E-state index is 10.3. The molecule has 0 spiro atoms. The predicted octanol–water partition coefficient (Wildman–Crippen LogP) is 3.14. The molecule has 0 saturated carbocycles. The Balaban J connectivity index is 1.97. The lowest BCUT2D eigenvalue weighted by molar-refractivity contribution is 0.116. The number of benzene rings is 2. The van der Waals surface area contributed by atoms with E-state index in [0.29, 0.717) is 13.1 Å². The fourth-order valence-electron chi connectivity index (χ4n) is 2.83. The summed E-state index contributed by atoms with van der Waals surface area (Å²) >= 11 is 0. The molecule has 0 saturated heterocycles. The van der Waals surface area contributed by atoms with E-state index in [9.17, 15) is 5.11 Å². The highest BCUT2D eigenvalue weighted by Crippen LogP contribution is 2.26. The number of likely N-dealkylation sites (N-methyl/N-ethyl adjacent to an activating group) is 1. The summed E-state index contributed by atoms with van der Waals surface area (Å²) < 4.78 is 1.91. The van der Waals surface area contributed by atoms with Gasteiger partial charge >= 0.3 is 0 Å². The first-order valence-electron chi connectivity index (χ1n) is 8.15. The molecule has 1 aromatic heterocycles. The summed E-state index contributed by atoms with van der Waals surface area (Å²) in [7, 11) is 3.92. The first kappa shape index (κ1) is 16.4. The minimum absolute atomic E-state index is 0.467. The average Bonchev–Trinajstić information content (AvgIpc) is 2.99. The molecule has 0 fully saturated rings. The largest absolute Gasteiger partial charge is 0.390 e. The molecular weight excluding hydrogens is 298 g/mol. The van der Waals surface area contributed by atoms with Gasteiger partial charge in [0.05, 0.1) is 24.0 Å².